The molecule has 0 spiro atoms. The number of para-hydroxylation sites is 1. The molecule has 0 N–H and O–H groups in total. The fourth-order valence-corrected chi connectivity index (χ4v) is 5.00. The molecule has 0 saturated heterocycles. The van der Waals surface area contributed by atoms with Crippen LogP contribution in [0.1, 0.15) is 12.5 Å². The van der Waals surface area contributed by atoms with Crippen LogP contribution in [0.4, 0.5) is 10.1 Å². The summed E-state index contributed by atoms with van der Waals surface area (Å²) in [5.41, 5.74) is 3.21. The Labute approximate surface area is 176 Å². The molecule has 3 heterocycles. The van der Waals surface area contributed by atoms with Gasteiger partial charge in [0.2, 0.25) is 5.91 Å². The predicted molar refractivity (Wildman–Crippen MR) is 116 cm³/mol. The van der Waals surface area contributed by atoms with Gasteiger partial charge in [0.15, 0.2) is 0 Å². The van der Waals surface area contributed by atoms with Gasteiger partial charge >= 0.3 is 0 Å². The van der Waals surface area contributed by atoms with E-state index >= 15 is 0 Å². The number of rotatable bonds is 3. The molecule has 2 aromatic heterocycles. The minimum absolute atomic E-state index is 0.0400. The van der Waals surface area contributed by atoms with Gasteiger partial charge in [-0.2, -0.15) is 0 Å². The lowest BCUT2D eigenvalue weighted by atomic mass is 10.1. The Bertz CT molecular complexity index is 1330. The largest absolute Gasteiger partial charge is 0.307 e. The van der Waals surface area contributed by atoms with Gasteiger partial charge in [-0.15, -0.1) is 11.3 Å². The Morgan fingerprint density at radius 1 is 1.20 bits per heavy atom. The smallest absolute Gasteiger partial charge is 0.263 e. The SMILES string of the molecule is C[C@H]1Cc2ccccc2N1C(=O)Cn1cnc2scc(-c3ccc(F)cc3)c2c1=O. The molecule has 5 nitrogen and oxygen atoms in total. The number of hydrogen-bond donors (Lipinski definition) is 0. The summed E-state index contributed by atoms with van der Waals surface area (Å²) in [5, 5.41) is 2.30. The van der Waals surface area contributed by atoms with Gasteiger partial charge in [-0.05, 0) is 42.7 Å². The van der Waals surface area contributed by atoms with Crippen molar-refractivity contribution >= 4 is 33.1 Å². The van der Waals surface area contributed by atoms with E-state index in [0.717, 1.165) is 23.2 Å². The summed E-state index contributed by atoms with van der Waals surface area (Å²) in [7, 11) is 0. The summed E-state index contributed by atoms with van der Waals surface area (Å²) in [4.78, 5) is 33.1. The normalized spacial score (nSPS) is 15.5. The number of nitrogens with zero attached hydrogens (tertiary/aromatic N) is 3. The van der Waals surface area contributed by atoms with Gasteiger partial charge in [0.25, 0.3) is 5.56 Å². The maximum absolute atomic E-state index is 13.3. The van der Waals surface area contributed by atoms with Gasteiger partial charge in [-0.1, -0.05) is 30.3 Å². The van der Waals surface area contributed by atoms with E-state index in [-0.39, 0.29) is 29.9 Å². The van der Waals surface area contributed by atoms with E-state index in [9.17, 15) is 14.0 Å². The molecule has 1 aliphatic heterocycles. The van der Waals surface area contributed by atoms with Crippen molar-refractivity contribution in [3.8, 4) is 11.1 Å². The summed E-state index contributed by atoms with van der Waals surface area (Å²) in [6, 6.07) is 13.9. The van der Waals surface area contributed by atoms with Crippen molar-refractivity contribution in [3.05, 3.63) is 82.0 Å². The predicted octanol–water partition coefficient (Wildman–Crippen LogP) is 4.24. The summed E-state index contributed by atoms with van der Waals surface area (Å²) in [6.07, 6.45) is 2.23. The summed E-state index contributed by atoms with van der Waals surface area (Å²) >= 11 is 1.36. The van der Waals surface area contributed by atoms with Crippen LogP contribution in [0.25, 0.3) is 21.3 Å². The lowest BCUT2D eigenvalue weighted by Gasteiger charge is -2.23. The van der Waals surface area contributed by atoms with Crippen molar-refractivity contribution in [1.29, 1.82) is 0 Å². The molecule has 30 heavy (non-hydrogen) atoms. The standard InChI is InChI=1S/C23H18FN3O2S/c1-14-10-16-4-2-3-5-19(16)27(14)20(28)11-26-13-25-22-21(23(26)29)18(12-30-22)15-6-8-17(24)9-7-15/h2-9,12-14H,10-11H2,1H3/t14-/m0/s1. The van der Waals surface area contributed by atoms with Crippen LogP contribution in [0, 0.1) is 5.82 Å². The van der Waals surface area contributed by atoms with Crippen LogP contribution in [0.3, 0.4) is 0 Å². The van der Waals surface area contributed by atoms with Gasteiger partial charge in [-0.3, -0.25) is 14.2 Å². The van der Waals surface area contributed by atoms with Crippen LogP contribution in [0.15, 0.2) is 65.0 Å². The number of fused-ring (bicyclic) bond motifs is 2. The molecule has 0 unspecified atom stereocenters. The van der Waals surface area contributed by atoms with Crippen LogP contribution in [0.2, 0.25) is 0 Å². The second kappa shape index (κ2) is 7.18. The molecule has 1 aliphatic rings. The number of carbonyl (C=O) groups excluding carboxylic acids is 1. The zero-order valence-corrected chi connectivity index (χ0v) is 17.0. The monoisotopic (exact) mass is 419 g/mol. The second-order valence-electron chi connectivity index (χ2n) is 7.46. The molecule has 4 aromatic rings. The third-order valence-corrected chi connectivity index (χ3v) is 6.38. The fraction of sp³-hybridized carbons (Fsp3) is 0.174. The Kier molecular flexibility index (Phi) is 4.47. The Morgan fingerprint density at radius 3 is 2.77 bits per heavy atom. The first kappa shape index (κ1) is 18.7. The first-order chi connectivity index (χ1) is 14.5. The molecule has 7 heteroatoms. The van der Waals surface area contributed by atoms with E-state index in [4.69, 9.17) is 0 Å². The zero-order chi connectivity index (χ0) is 20.8. The van der Waals surface area contributed by atoms with Gasteiger partial charge < -0.3 is 4.90 Å². The van der Waals surface area contributed by atoms with Crippen LogP contribution in [-0.2, 0) is 17.8 Å². The van der Waals surface area contributed by atoms with E-state index in [2.05, 4.69) is 4.98 Å². The number of aromatic nitrogens is 2. The summed E-state index contributed by atoms with van der Waals surface area (Å²) in [6.45, 7) is 1.92. The second-order valence-corrected chi connectivity index (χ2v) is 8.32. The summed E-state index contributed by atoms with van der Waals surface area (Å²) in [5.74, 6) is -0.478. The lowest BCUT2D eigenvalue weighted by Crippen LogP contribution is -2.40. The molecule has 150 valence electrons. The van der Waals surface area contributed by atoms with Crippen LogP contribution in [-0.4, -0.2) is 21.5 Å². The number of halogens is 1. The van der Waals surface area contributed by atoms with Crippen molar-refractivity contribution in [2.24, 2.45) is 0 Å². The average Bonchev–Trinajstić information content (AvgIpc) is 3.31. The van der Waals surface area contributed by atoms with E-state index in [1.807, 2.05) is 36.6 Å². The number of hydrogen-bond acceptors (Lipinski definition) is 4. The van der Waals surface area contributed by atoms with E-state index in [0.29, 0.717) is 15.8 Å². The number of benzene rings is 2. The maximum atomic E-state index is 13.3. The van der Waals surface area contributed by atoms with E-state index in [1.54, 1.807) is 17.0 Å². The van der Waals surface area contributed by atoms with Gasteiger partial charge in [0.1, 0.15) is 17.2 Å². The Morgan fingerprint density at radius 2 is 1.97 bits per heavy atom. The van der Waals surface area contributed by atoms with Crippen molar-refractivity contribution in [2.75, 3.05) is 4.90 Å². The number of amides is 1. The molecule has 0 fully saturated rings. The average molecular weight is 419 g/mol. The van der Waals surface area contributed by atoms with Gasteiger partial charge in [-0.25, -0.2) is 9.37 Å². The zero-order valence-electron chi connectivity index (χ0n) is 16.2. The first-order valence-electron chi connectivity index (χ1n) is 9.65. The molecule has 0 saturated carbocycles. The van der Waals surface area contributed by atoms with Crippen molar-refractivity contribution < 1.29 is 9.18 Å². The molecule has 0 aliphatic carbocycles. The molecular weight excluding hydrogens is 401 g/mol. The fourth-order valence-electron chi connectivity index (χ4n) is 4.09. The Balaban J connectivity index is 1.52. The topological polar surface area (TPSA) is 55.2 Å². The molecule has 1 atom stereocenters. The minimum Gasteiger partial charge on any atom is -0.307 e. The third-order valence-electron chi connectivity index (χ3n) is 5.50. The highest BCUT2D eigenvalue weighted by Gasteiger charge is 2.30. The highest BCUT2D eigenvalue weighted by molar-refractivity contribution is 7.17. The van der Waals surface area contributed by atoms with Crippen LogP contribution < -0.4 is 10.5 Å². The summed E-state index contributed by atoms with van der Waals surface area (Å²) < 4.78 is 14.7. The van der Waals surface area contributed by atoms with E-state index in [1.165, 1.54) is 34.4 Å². The number of carbonyl (C=O) groups is 1. The van der Waals surface area contributed by atoms with Crippen molar-refractivity contribution in [1.82, 2.24) is 9.55 Å². The highest BCUT2D eigenvalue weighted by atomic mass is 32.1. The van der Waals surface area contributed by atoms with Crippen LogP contribution >= 0.6 is 11.3 Å². The molecule has 2 aromatic carbocycles. The van der Waals surface area contributed by atoms with E-state index < -0.39 is 0 Å². The highest BCUT2D eigenvalue weighted by Crippen LogP contribution is 2.33. The maximum Gasteiger partial charge on any atom is 0.263 e. The lowest BCUT2D eigenvalue weighted by molar-refractivity contribution is -0.119. The minimum atomic E-state index is -0.334. The number of thiophene rings is 1. The molecule has 0 radical (unpaired) electrons. The van der Waals surface area contributed by atoms with Gasteiger partial charge in [0.05, 0.1) is 11.7 Å². The molecule has 0 bridgehead atoms. The molecule has 1 amide bonds. The number of anilines is 1. The van der Waals surface area contributed by atoms with Gasteiger partial charge in [0, 0.05) is 22.7 Å². The first-order valence-corrected chi connectivity index (χ1v) is 10.5. The molecule has 5 rings (SSSR count). The van der Waals surface area contributed by atoms with Crippen LogP contribution in [0.5, 0.6) is 0 Å². The quantitative estimate of drug-likeness (QED) is 0.499. The Hall–Kier alpha value is -3.32. The molecular formula is C23H18FN3O2S. The third kappa shape index (κ3) is 3.02. The van der Waals surface area contributed by atoms with Crippen molar-refractivity contribution in [3.63, 3.8) is 0 Å². The van der Waals surface area contributed by atoms with Crippen molar-refractivity contribution in [2.45, 2.75) is 25.9 Å².